The van der Waals surface area contributed by atoms with Crippen LogP contribution in [0.3, 0.4) is 0 Å². The quantitative estimate of drug-likeness (QED) is 0.539. The molecular formula is C22H26N2O4. The molecule has 0 fully saturated rings. The molecule has 2 rings (SSSR count). The van der Waals surface area contributed by atoms with Gasteiger partial charge >= 0.3 is 5.97 Å². The zero-order valence-corrected chi connectivity index (χ0v) is 16.5. The summed E-state index contributed by atoms with van der Waals surface area (Å²) in [5, 5.41) is 5.28. The molecule has 0 radical (unpaired) electrons. The first-order valence-electron chi connectivity index (χ1n) is 9.33. The van der Waals surface area contributed by atoms with E-state index in [4.69, 9.17) is 4.74 Å². The largest absolute Gasteiger partial charge is 0.462 e. The van der Waals surface area contributed by atoms with Crippen LogP contribution in [0.1, 0.15) is 51.6 Å². The Morgan fingerprint density at radius 1 is 0.929 bits per heavy atom. The number of rotatable bonds is 8. The molecule has 0 saturated carbocycles. The van der Waals surface area contributed by atoms with E-state index in [1.165, 1.54) is 0 Å². The molecule has 0 aliphatic heterocycles. The summed E-state index contributed by atoms with van der Waals surface area (Å²) in [6.07, 6.45) is 1.78. The number of unbranched alkanes of at least 4 members (excludes halogenated alkanes) is 1. The normalized spacial score (nSPS) is 10.2. The fourth-order valence-electron chi connectivity index (χ4n) is 2.43. The maximum Gasteiger partial charge on any atom is 0.338 e. The topological polar surface area (TPSA) is 84.5 Å². The van der Waals surface area contributed by atoms with E-state index in [1.54, 1.807) is 36.4 Å². The Labute approximate surface area is 165 Å². The zero-order chi connectivity index (χ0) is 20.5. The smallest absolute Gasteiger partial charge is 0.338 e. The van der Waals surface area contributed by atoms with E-state index in [9.17, 15) is 14.4 Å². The average molecular weight is 382 g/mol. The van der Waals surface area contributed by atoms with Crippen molar-refractivity contribution in [3.05, 3.63) is 64.7 Å². The van der Waals surface area contributed by atoms with Crippen LogP contribution in [0.5, 0.6) is 0 Å². The van der Waals surface area contributed by atoms with Gasteiger partial charge in [-0.3, -0.25) is 9.59 Å². The number of esters is 1. The van der Waals surface area contributed by atoms with E-state index in [2.05, 4.69) is 10.6 Å². The van der Waals surface area contributed by atoms with Gasteiger partial charge in [-0.2, -0.15) is 0 Å². The van der Waals surface area contributed by atoms with Gasteiger partial charge in [0.15, 0.2) is 0 Å². The number of anilines is 1. The Balaban J connectivity index is 1.83. The number of nitrogens with one attached hydrogen (secondary N) is 2. The Kier molecular flexibility index (Phi) is 7.75. The van der Waals surface area contributed by atoms with E-state index in [1.807, 2.05) is 26.8 Å². The van der Waals surface area contributed by atoms with Gasteiger partial charge in [0.05, 0.1) is 18.7 Å². The molecule has 6 heteroatoms. The first kappa shape index (κ1) is 21.2. The van der Waals surface area contributed by atoms with Gasteiger partial charge in [0, 0.05) is 11.3 Å². The van der Waals surface area contributed by atoms with E-state index < -0.39 is 0 Å². The van der Waals surface area contributed by atoms with Gasteiger partial charge in [-0.05, 0) is 67.8 Å². The van der Waals surface area contributed by atoms with Crippen LogP contribution in [0, 0.1) is 13.8 Å². The summed E-state index contributed by atoms with van der Waals surface area (Å²) in [6, 6.07) is 11.8. The molecule has 0 aliphatic carbocycles. The van der Waals surface area contributed by atoms with Crippen LogP contribution >= 0.6 is 0 Å². The number of benzene rings is 2. The van der Waals surface area contributed by atoms with Crippen LogP contribution < -0.4 is 10.6 Å². The molecule has 28 heavy (non-hydrogen) atoms. The molecule has 0 saturated heterocycles. The molecule has 6 nitrogen and oxygen atoms in total. The lowest BCUT2D eigenvalue weighted by Gasteiger charge is -2.09. The minimum atomic E-state index is -0.382. The molecule has 2 aromatic rings. The predicted octanol–water partition coefficient (Wildman–Crippen LogP) is 3.63. The van der Waals surface area contributed by atoms with Gasteiger partial charge in [0.25, 0.3) is 5.91 Å². The number of hydrogen-bond acceptors (Lipinski definition) is 4. The summed E-state index contributed by atoms with van der Waals surface area (Å²) in [5.74, 6) is -1.04. The van der Waals surface area contributed by atoms with Crippen molar-refractivity contribution in [1.82, 2.24) is 5.32 Å². The van der Waals surface area contributed by atoms with Crippen LogP contribution in [-0.4, -0.2) is 30.9 Å². The minimum Gasteiger partial charge on any atom is -0.462 e. The van der Waals surface area contributed by atoms with Crippen LogP contribution in [0.15, 0.2) is 42.5 Å². The molecule has 0 spiro atoms. The lowest BCUT2D eigenvalue weighted by molar-refractivity contribution is -0.115. The number of aryl methyl sites for hydroxylation is 2. The molecule has 2 aromatic carbocycles. The molecule has 0 aliphatic rings. The first-order valence-corrected chi connectivity index (χ1v) is 9.33. The van der Waals surface area contributed by atoms with Crippen molar-refractivity contribution in [2.45, 2.75) is 33.6 Å². The molecular weight excluding hydrogens is 356 g/mol. The van der Waals surface area contributed by atoms with Crippen molar-refractivity contribution < 1.29 is 19.1 Å². The molecule has 2 amide bonds. The maximum absolute atomic E-state index is 12.2. The second-order valence-electron chi connectivity index (χ2n) is 6.60. The van der Waals surface area contributed by atoms with Crippen molar-refractivity contribution in [2.75, 3.05) is 18.5 Å². The number of ether oxygens (including phenoxy) is 1. The lowest BCUT2D eigenvalue weighted by Crippen LogP contribution is -2.32. The van der Waals surface area contributed by atoms with Gasteiger partial charge in [-0.15, -0.1) is 0 Å². The van der Waals surface area contributed by atoms with Gasteiger partial charge in [-0.1, -0.05) is 19.4 Å². The SMILES string of the molecule is CCCCOC(=O)c1ccc(NC(=O)CNC(=O)c2ccc(C)c(C)c2)cc1. The van der Waals surface area contributed by atoms with Gasteiger partial charge < -0.3 is 15.4 Å². The Morgan fingerprint density at radius 2 is 1.61 bits per heavy atom. The number of carbonyl (C=O) groups excluding carboxylic acids is 3. The maximum atomic E-state index is 12.2. The standard InChI is InChI=1S/C22H26N2O4/c1-4-5-12-28-22(27)17-8-10-19(11-9-17)24-20(25)14-23-21(26)18-7-6-15(2)16(3)13-18/h6-11,13H,4-5,12,14H2,1-3H3,(H,23,26)(H,24,25). The number of amides is 2. The molecule has 0 aromatic heterocycles. The molecule has 0 atom stereocenters. The fraction of sp³-hybridized carbons (Fsp3) is 0.318. The minimum absolute atomic E-state index is 0.146. The van der Waals surface area contributed by atoms with Crippen molar-refractivity contribution in [2.24, 2.45) is 0 Å². The molecule has 0 heterocycles. The third-order valence-electron chi connectivity index (χ3n) is 4.31. The summed E-state index contributed by atoms with van der Waals surface area (Å²) in [4.78, 5) is 36.0. The van der Waals surface area contributed by atoms with Crippen LogP contribution in [0.4, 0.5) is 5.69 Å². The summed E-state index contributed by atoms with van der Waals surface area (Å²) in [7, 11) is 0. The van der Waals surface area contributed by atoms with E-state index in [0.29, 0.717) is 23.4 Å². The van der Waals surface area contributed by atoms with Crippen molar-refractivity contribution in [1.29, 1.82) is 0 Å². The summed E-state index contributed by atoms with van der Waals surface area (Å²) < 4.78 is 5.14. The van der Waals surface area contributed by atoms with Crippen molar-refractivity contribution in [3.8, 4) is 0 Å². The summed E-state index contributed by atoms with van der Waals surface area (Å²) in [5.41, 5.74) is 3.60. The Morgan fingerprint density at radius 3 is 2.25 bits per heavy atom. The highest BCUT2D eigenvalue weighted by molar-refractivity contribution is 5.99. The number of carbonyl (C=O) groups is 3. The van der Waals surface area contributed by atoms with Gasteiger partial charge in [0.1, 0.15) is 0 Å². The second kappa shape index (κ2) is 10.3. The Hall–Kier alpha value is -3.15. The first-order chi connectivity index (χ1) is 13.4. The predicted molar refractivity (Wildman–Crippen MR) is 109 cm³/mol. The molecule has 0 bridgehead atoms. The van der Waals surface area contributed by atoms with Crippen molar-refractivity contribution in [3.63, 3.8) is 0 Å². The third-order valence-corrected chi connectivity index (χ3v) is 4.31. The van der Waals surface area contributed by atoms with Crippen molar-refractivity contribution >= 4 is 23.5 Å². The highest BCUT2D eigenvalue weighted by atomic mass is 16.5. The van der Waals surface area contributed by atoms with E-state index in [0.717, 1.165) is 24.0 Å². The zero-order valence-electron chi connectivity index (χ0n) is 16.5. The van der Waals surface area contributed by atoms with Crippen LogP contribution in [-0.2, 0) is 9.53 Å². The van der Waals surface area contributed by atoms with E-state index in [-0.39, 0.29) is 24.3 Å². The lowest BCUT2D eigenvalue weighted by atomic mass is 10.1. The van der Waals surface area contributed by atoms with Crippen LogP contribution in [0.2, 0.25) is 0 Å². The van der Waals surface area contributed by atoms with E-state index >= 15 is 0 Å². The van der Waals surface area contributed by atoms with Gasteiger partial charge in [0.2, 0.25) is 5.91 Å². The monoisotopic (exact) mass is 382 g/mol. The van der Waals surface area contributed by atoms with Gasteiger partial charge in [-0.25, -0.2) is 4.79 Å². The summed E-state index contributed by atoms with van der Waals surface area (Å²) in [6.45, 7) is 6.18. The average Bonchev–Trinajstić information content (AvgIpc) is 2.69. The molecule has 0 unspecified atom stereocenters. The highest BCUT2D eigenvalue weighted by Crippen LogP contribution is 2.11. The third kappa shape index (κ3) is 6.23. The fourth-order valence-corrected chi connectivity index (χ4v) is 2.43. The Bertz CT molecular complexity index is 844. The molecule has 2 N–H and O–H groups in total. The summed E-state index contributed by atoms with van der Waals surface area (Å²) >= 11 is 0. The highest BCUT2D eigenvalue weighted by Gasteiger charge is 2.10. The second-order valence-corrected chi connectivity index (χ2v) is 6.60. The van der Waals surface area contributed by atoms with Crippen LogP contribution in [0.25, 0.3) is 0 Å². The number of hydrogen-bond donors (Lipinski definition) is 2. The molecule has 148 valence electrons.